The summed E-state index contributed by atoms with van der Waals surface area (Å²) in [6.07, 6.45) is 5.17. The van der Waals surface area contributed by atoms with Crippen molar-refractivity contribution in [3.8, 4) is 12.3 Å². The van der Waals surface area contributed by atoms with Crippen molar-refractivity contribution in [3.05, 3.63) is 0 Å². The van der Waals surface area contributed by atoms with Gasteiger partial charge in [-0.05, 0) is 0 Å². The number of hydrogen-bond donors (Lipinski definition) is 1. The Balaban J connectivity index is 0. The molecule has 0 unspecified atom stereocenters. The molecule has 0 aliphatic heterocycles. The largest absolute Gasteiger partial charge is 0.481 e. The minimum Gasteiger partial charge on any atom is -0.481 e. The molecule has 0 aromatic rings. The van der Waals surface area contributed by atoms with E-state index in [0.29, 0.717) is 6.42 Å². The van der Waals surface area contributed by atoms with Gasteiger partial charge in [-0.3, -0.25) is 4.79 Å². The summed E-state index contributed by atoms with van der Waals surface area (Å²) in [6, 6.07) is 0. The normalized spacial score (nSPS) is 6.38. The smallest absolute Gasteiger partial charge is 0.304 e. The van der Waals surface area contributed by atoms with E-state index in [4.69, 9.17) is 11.5 Å². The van der Waals surface area contributed by atoms with Gasteiger partial charge in [0.1, 0.15) is 0 Å². The van der Waals surface area contributed by atoms with Crippen molar-refractivity contribution in [1.82, 2.24) is 0 Å². The molecule has 0 rings (SSSR count). The molecule has 0 aromatic heterocycles. The predicted molar refractivity (Wildman–Crippen MR) is 31.5 cm³/mol. The van der Waals surface area contributed by atoms with Crippen molar-refractivity contribution in [2.75, 3.05) is 0 Å². The van der Waals surface area contributed by atoms with E-state index >= 15 is 0 Å². The van der Waals surface area contributed by atoms with Crippen LogP contribution in [0.3, 0.4) is 0 Å². The van der Waals surface area contributed by atoms with Gasteiger partial charge in [-0.25, -0.2) is 0 Å². The van der Waals surface area contributed by atoms with E-state index in [1.165, 1.54) is 0 Å². The number of terminal acetylenes is 1. The van der Waals surface area contributed by atoms with Crippen LogP contribution in [0.15, 0.2) is 0 Å². The summed E-state index contributed by atoms with van der Waals surface area (Å²) < 4.78 is 0. The Labute approximate surface area is 70.6 Å². The first kappa shape index (κ1) is 10.9. The van der Waals surface area contributed by atoms with Gasteiger partial charge >= 0.3 is 5.97 Å². The third kappa shape index (κ3) is 9.39. The summed E-state index contributed by atoms with van der Waals surface area (Å²) >= 11 is 0. The topological polar surface area (TPSA) is 37.3 Å². The molecule has 0 aromatic carbocycles. The molecule has 0 bridgehead atoms. The Hall–Kier alpha value is 0.0300. The fourth-order valence-corrected chi connectivity index (χ4v) is 0.179. The number of carboxylic acid groups (broad SMARTS) is 1. The Kier molecular flexibility index (Phi) is 9.59. The summed E-state index contributed by atoms with van der Waals surface area (Å²) in [7, 11) is 0. The van der Waals surface area contributed by atoms with Crippen molar-refractivity contribution >= 4 is 35.5 Å². The van der Waals surface area contributed by atoms with Crippen LogP contribution >= 0.6 is 0 Å². The SMILES string of the molecule is C#CCCC(=O)O.[Na]. The molecule has 1 radical (unpaired) electrons. The monoisotopic (exact) mass is 121 g/mol. The van der Waals surface area contributed by atoms with Crippen molar-refractivity contribution in [1.29, 1.82) is 0 Å². The summed E-state index contributed by atoms with van der Waals surface area (Å²) in [4.78, 5) is 9.66. The molecule has 2 nitrogen and oxygen atoms in total. The van der Waals surface area contributed by atoms with Gasteiger partial charge in [-0.2, -0.15) is 0 Å². The van der Waals surface area contributed by atoms with Crippen molar-refractivity contribution in [2.24, 2.45) is 0 Å². The van der Waals surface area contributed by atoms with E-state index in [0.717, 1.165) is 0 Å². The van der Waals surface area contributed by atoms with Crippen molar-refractivity contribution in [3.63, 3.8) is 0 Å². The number of carbonyl (C=O) groups is 1. The van der Waals surface area contributed by atoms with E-state index in [1.807, 2.05) is 0 Å². The third-order valence-corrected chi connectivity index (χ3v) is 0.483. The van der Waals surface area contributed by atoms with Crippen LogP contribution in [0, 0.1) is 12.3 Å². The molecule has 0 amide bonds. The first-order valence-corrected chi connectivity index (χ1v) is 1.92. The van der Waals surface area contributed by atoms with E-state index in [1.54, 1.807) is 0 Å². The molecule has 0 saturated carbocycles. The Bertz CT molecular complexity index is 103. The maximum atomic E-state index is 9.66. The standard InChI is InChI=1S/C5H6O2.Na/c1-2-3-4-5(6)7;/h1H,3-4H2,(H,6,7);. The van der Waals surface area contributed by atoms with E-state index in [-0.39, 0.29) is 36.0 Å². The molecule has 0 spiro atoms. The quantitative estimate of drug-likeness (QED) is 0.415. The Morgan fingerprint density at radius 3 is 2.38 bits per heavy atom. The summed E-state index contributed by atoms with van der Waals surface area (Å²) in [6.45, 7) is 0. The zero-order chi connectivity index (χ0) is 5.70. The molecule has 39 valence electrons. The molecule has 0 heterocycles. The molecule has 8 heavy (non-hydrogen) atoms. The fourth-order valence-electron chi connectivity index (χ4n) is 0.179. The van der Waals surface area contributed by atoms with Gasteiger partial charge in [0, 0.05) is 36.0 Å². The molecular formula is C5H6NaO2. The Morgan fingerprint density at radius 1 is 1.75 bits per heavy atom. The molecule has 0 saturated heterocycles. The van der Waals surface area contributed by atoms with Crippen molar-refractivity contribution in [2.45, 2.75) is 12.8 Å². The number of carboxylic acids is 1. The van der Waals surface area contributed by atoms with Gasteiger partial charge in [-0.1, -0.05) is 0 Å². The van der Waals surface area contributed by atoms with Gasteiger partial charge in [0.2, 0.25) is 0 Å². The first-order chi connectivity index (χ1) is 3.27. The maximum absolute atomic E-state index is 9.66. The number of hydrogen-bond acceptors (Lipinski definition) is 1. The third-order valence-electron chi connectivity index (χ3n) is 0.483. The summed E-state index contributed by atoms with van der Waals surface area (Å²) in [5.74, 6) is 1.38. The van der Waals surface area contributed by atoms with Crippen LogP contribution in [0.4, 0.5) is 0 Å². The van der Waals surface area contributed by atoms with Crippen LogP contribution in [0.1, 0.15) is 12.8 Å². The predicted octanol–water partition coefficient (Wildman–Crippen LogP) is 0.104. The zero-order valence-corrected chi connectivity index (χ0v) is 6.85. The van der Waals surface area contributed by atoms with Crippen LogP contribution in [0.5, 0.6) is 0 Å². The van der Waals surface area contributed by atoms with Crippen LogP contribution in [0.25, 0.3) is 0 Å². The minimum absolute atomic E-state index is 0. The first-order valence-electron chi connectivity index (χ1n) is 1.92. The molecule has 0 fully saturated rings. The van der Waals surface area contributed by atoms with Gasteiger partial charge in [0.25, 0.3) is 0 Å². The second-order valence-corrected chi connectivity index (χ2v) is 1.10. The van der Waals surface area contributed by atoms with E-state index in [9.17, 15) is 4.79 Å². The van der Waals surface area contributed by atoms with Crippen LogP contribution in [-0.4, -0.2) is 40.6 Å². The van der Waals surface area contributed by atoms with Crippen LogP contribution < -0.4 is 0 Å². The van der Waals surface area contributed by atoms with Gasteiger partial charge in [0.15, 0.2) is 0 Å². The second-order valence-electron chi connectivity index (χ2n) is 1.10. The average Bonchev–Trinajstić information content (AvgIpc) is 1.61. The Morgan fingerprint density at radius 2 is 2.25 bits per heavy atom. The van der Waals surface area contributed by atoms with Crippen LogP contribution in [-0.2, 0) is 4.79 Å². The van der Waals surface area contributed by atoms with Crippen LogP contribution in [0.2, 0.25) is 0 Å². The zero-order valence-electron chi connectivity index (χ0n) is 4.85. The molecule has 0 atom stereocenters. The molecule has 3 heteroatoms. The fraction of sp³-hybridized carbons (Fsp3) is 0.400. The number of aliphatic carboxylic acids is 1. The minimum atomic E-state index is -0.835. The summed E-state index contributed by atoms with van der Waals surface area (Å²) in [5.41, 5.74) is 0. The van der Waals surface area contributed by atoms with Crippen molar-refractivity contribution < 1.29 is 9.90 Å². The maximum Gasteiger partial charge on any atom is 0.304 e. The second kappa shape index (κ2) is 7.03. The van der Waals surface area contributed by atoms with E-state index in [2.05, 4.69) is 5.92 Å². The van der Waals surface area contributed by atoms with Gasteiger partial charge < -0.3 is 5.11 Å². The average molecular weight is 121 g/mol. The summed E-state index contributed by atoms with van der Waals surface area (Å²) in [5, 5.41) is 7.95. The molecular weight excluding hydrogens is 115 g/mol. The molecule has 0 aliphatic carbocycles. The number of rotatable bonds is 2. The molecule has 0 aliphatic rings. The van der Waals surface area contributed by atoms with Gasteiger partial charge in [0.05, 0.1) is 6.42 Å². The van der Waals surface area contributed by atoms with E-state index < -0.39 is 5.97 Å². The molecule has 1 N–H and O–H groups in total. The van der Waals surface area contributed by atoms with Gasteiger partial charge in [-0.15, -0.1) is 12.3 Å².